The maximum Gasteiger partial charge on any atom is 0.127 e. The van der Waals surface area contributed by atoms with Gasteiger partial charge in [0, 0.05) is 19.0 Å². The Kier molecular flexibility index (Phi) is 4.06. The Morgan fingerprint density at radius 2 is 1.54 bits per heavy atom. The zero-order chi connectivity index (χ0) is 16.4. The molecule has 0 fully saturated rings. The molecule has 1 unspecified atom stereocenters. The van der Waals surface area contributed by atoms with E-state index in [1.54, 1.807) is 0 Å². The van der Waals surface area contributed by atoms with Gasteiger partial charge in [0.25, 0.3) is 0 Å². The number of likely N-dealkylation sites (N-methyl/N-ethyl adjacent to an activating group) is 1. The van der Waals surface area contributed by atoms with Crippen molar-refractivity contribution in [3.8, 4) is 11.5 Å². The smallest absolute Gasteiger partial charge is 0.127 e. The standard InChI is InChI=1S/C22H21NO/c1-23-15-18-14-20(24-19-10-6-3-7-11-19)12-13-21(18)22(16-23)17-8-4-2-5-9-17/h2-14,22H,15-16H2,1H3. The summed E-state index contributed by atoms with van der Waals surface area (Å²) in [6.07, 6.45) is 0. The molecule has 0 spiro atoms. The second-order valence-corrected chi connectivity index (χ2v) is 6.44. The molecular weight excluding hydrogens is 294 g/mol. The Balaban J connectivity index is 1.67. The van der Waals surface area contributed by atoms with Gasteiger partial charge in [-0.25, -0.2) is 0 Å². The third kappa shape index (κ3) is 3.06. The molecule has 3 aromatic rings. The first-order valence-corrected chi connectivity index (χ1v) is 8.39. The molecule has 0 saturated carbocycles. The van der Waals surface area contributed by atoms with E-state index in [-0.39, 0.29) is 0 Å². The molecule has 2 nitrogen and oxygen atoms in total. The van der Waals surface area contributed by atoms with Gasteiger partial charge in [-0.05, 0) is 48.0 Å². The predicted molar refractivity (Wildman–Crippen MR) is 97.6 cm³/mol. The number of hydrogen-bond acceptors (Lipinski definition) is 2. The second-order valence-electron chi connectivity index (χ2n) is 6.44. The Hall–Kier alpha value is -2.58. The van der Waals surface area contributed by atoms with Crippen LogP contribution in [0.4, 0.5) is 0 Å². The molecule has 0 N–H and O–H groups in total. The Bertz CT molecular complexity index is 814. The van der Waals surface area contributed by atoms with Crippen molar-refractivity contribution in [1.29, 1.82) is 0 Å². The molecule has 0 saturated heterocycles. The quantitative estimate of drug-likeness (QED) is 0.670. The van der Waals surface area contributed by atoms with Crippen LogP contribution in [0.1, 0.15) is 22.6 Å². The van der Waals surface area contributed by atoms with Crippen molar-refractivity contribution in [3.63, 3.8) is 0 Å². The lowest BCUT2D eigenvalue weighted by molar-refractivity contribution is 0.294. The summed E-state index contributed by atoms with van der Waals surface area (Å²) in [5.41, 5.74) is 4.15. The number of ether oxygens (including phenoxy) is 1. The molecule has 0 bridgehead atoms. The first-order valence-electron chi connectivity index (χ1n) is 8.39. The molecule has 24 heavy (non-hydrogen) atoms. The number of para-hydroxylation sites is 1. The summed E-state index contributed by atoms with van der Waals surface area (Å²) in [6.45, 7) is 2.01. The van der Waals surface area contributed by atoms with Crippen molar-refractivity contribution in [2.45, 2.75) is 12.5 Å². The average Bonchev–Trinajstić information content (AvgIpc) is 2.62. The summed E-state index contributed by atoms with van der Waals surface area (Å²) in [6, 6.07) is 27.2. The Morgan fingerprint density at radius 3 is 2.29 bits per heavy atom. The van der Waals surface area contributed by atoms with E-state index >= 15 is 0 Å². The van der Waals surface area contributed by atoms with Gasteiger partial charge in [-0.2, -0.15) is 0 Å². The number of benzene rings is 3. The topological polar surface area (TPSA) is 12.5 Å². The van der Waals surface area contributed by atoms with Crippen LogP contribution >= 0.6 is 0 Å². The molecule has 3 aromatic carbocycles. The molecule has 0 aliphatic carbocycles. The van der Waals surface area contributed by atoms with Crippen LogP contribution in [0.25, 0.3) is 0 Å². The maximum atomic E-state index is 6.00. The minimum absolute atomic E-state index is 0.422. The van der Waals surface area contributed by atoms with Crippen LogP contribution in [0.2, 0.25) is 0 Å². The van der Waals surface area contributed by atoms with E-state index < -0.39 is 0 Å². The molecule has 0 aromatic heterocycles. The van der Waals surface area contributed by atoms with E-state index in [4.69, 9.17) is 4.74 Å². The number of nitrogens with zero attached hydrogens (tertiary/aromatic N) is 1. The monoisotopic (exact) mass is 315 g/mol. The predicted octanol–water partition coefficient (Wildman–Crippen LogP) is 5.06. The third-order valence-electron chi connectivity index (χ3n) is 4.61. The Labute approximate surface area is 143 Å². The lowest BCUT2D eigenvalue weighted by atomic mass is 9.85. The van der Waals surface area contributed by atoms with Crippen LogP contribution in [-0.4, -0.2) is 18.5 Å². The van der Waals surface area contributed by atoms with Crippen LogP contribution in [0.15, 0.2) is 78.9 Å². The molecule has 1 atom stereocenters. The minimum atomic E-state index is 0.422. The summed E-state index contributed by atoms with van der Waals surface area (Å²) in [5, 5.41) is 0. The zero-order valence-electron chi connectivity index (χ0n) is 13.9. The van der Waals surface area contributed by atoms with Gasteiger partial charge in [-0.15, -0.1) is 0 Å². The van der Waals surface area contributed by atoms with E-state index in [2.05, 4.69) is 60.5 Å². The van der Waals surface area contributed by atoms with E-state index in [0.717, 1.165) is 24.6 Å². The maximum absolute atomic E-state index is 6.00. The Morgan fingerprint density at radius 1 is 0.833 bits per heavy atom. The largest absolute Gasteiger partial charge is 0.457 e. The molecule has 120 valence electrons. The van der Waals surface area contributed by atoms with Gasteiger partial charge in [0.1, 0.15) is 11.5 Å². The van der Waals surface area contributed by atoms with Crippen LogP contribution in [-0.2, 0) is 6.54 Å². The van der Waals surface area contributed by atoms with Crippen LogP contribution in [0.5, 0.6) is 11.5 Å². The van der Waals surface area contributed by atoms with E-state index in [0.29, 0.717) is 5.92 Å². The molecule has 0 amide bonds. The summed E-state index contributed by atoms with van der Waals surface area (Å²) in [4.78, 5) is 2.38. The fraction of sp³-hybridized carbons (Fsp3) is 0.182. The number of hydrogen-bond donors (Lipinski definition) is 0. The van der Waals surface area contributed by atoms with Gasteiger partial charge in [-0.3, -0.25) is 0 Å². The third-order valence-corrected chi connectivity index (χ3v) is 4.61. The van der Waals surface area contributed by atoms with Crippen molar-refractivity contribution in [3.05, 3.63) is 95.6 Å². The summed E-state index contributed by atoms with van der Waals surface area (Å²) in [5.74, 6) is 2.20. The lowest BCUT2D eigenvalue weighted by Gasteiger charge is -2.33. The average molecular weight is 315 g/mol. The molecule has 1 aliphatic rings. The number of rotatable bonds is 3. The molecule has 0 radical (unpaired) electrons. The first kappa shape index (κ1) is 15.0. The highest BCUT2D eigenvalue weighted by atomic mass is 16.5. The first-order chi connectivity index (χ1) is 11.8. The molecule has 1 heterocycles. The van der Waals surface area contributed by atoms with Gasteiger partial charge in [0.2, 0.25) is 0 Å². The van der Waals surface area contributed by atoms with Crippen LogP contribution in [0, 0.1) is 0 Å². The van der Waals surface area contributed by atoms with Gasteiger partial charge in [-0.1, -0.05) is 54.6 Å². The normalized spacial score (nSPS) is 17.3. The summed E-state index contributed by atoms with van der Waals surface area (Å²) >= 11 is 0. The van der Waals surface area contributed by atoms with Crippen molar-refractivity contribution >= 4 is 0 Å². The van der Waals surface area contributed by atoms with Gasteiger partial charge in [0.15, 0.2) is 0 Å². The van der Waals surface area contributed by atoms with Gasteiger partial charge >= 0.3 is 0 Å². The fourth-order valence-corrected chi connectivity index (χ4v) is 3.48. The number of fused-ring (bicyclic) bond motifs is 1. The van der Waals surface area contributed by atoms with Crippen LogP contribution in [0.3, 0.4) is 0 Å². The highest BCUT2D eigenvalue weighted by Crippen LogP contribution is 2.35. The van der Waals surface area contributed by atoms with Crippen molar-refractivity contribution in [2.75, 3.05) is 13.6 Å². The van der Waals surface area contributed by atoms with E-state index in [1.807, 2.05) is 30.3 Å². The highest BCUT2D eigenvalue weighted by Gasteiger charge is 2.25. The zero-order valence-corrected chi connectivity index (χ0v) is 13.9. The molecular formula is C22H21NO. The molecule has 2 heteroatoms. The van der Waals surface area contributed by atoms with E-state index in [1.165, 1.54) is 16.7 Å². The molecule has 4 rings (SSSR count). The highest BCUT2D eigenvalue weighted by molar-refractivity contribution is 5.45. The fourth-order valence-electron chi connectivity index (χ4n) is 3.48. The van der Waals surface area contributed by atoms with Crippen molar-refractivity contribution in [1.82, 2.24) is 4.90 Å². The minimum Gasteiger partial charge on any atom is -0.457 e. The van der Waals surface area contributed by atoms with Crippen LogP contribution < -0.4 is 4.74 Å². The van der Waals surface area contributed by atoms with Crippen molar-refractivity contribution in [2.24, 2.45) is 0 Å². The van der Waals surface area contributed by atoms with Crippen molar-refractivity contribution < 1.29 is 4.74 Å². The van der Waals surface area contributed by atoms with E-state index in [9.17, 15) is 0 Å². The SMILES string of the molecule is CN1Cc2cc(Oc3ccccc3)ccc2C(c2ccccc2)C1. The van der Waals surface area contributed by atoms with Gasteiger partial charge < -0.3 is 9.64 Å². The van der Waals surface area contributed by atoms with Gasteiger partial charge in [0.05, 0.1) is 0 Å². The second kappa shape index (κ2) is 6.50. The summed E-state index contributed by atoms with van der Waals surface area (Å²) < 4.78 is 6.00. The lowest BCUT2D eigenvalue weighted by Crippen LogP contribution is -2.30. The summed E-state index contributed by atoms with van der Waals surface area (Å²) in [7, 11) is 2.18. The molecule has 1 aliphatic heterocycles.